The van der Waals surface area contributed by atoms with Gasteiger partial charge in [-0.05, 0) is 0 Å². The van der Waals surface area contributed by atoms with Gasteiger partial charge in [-0.1, -0.05) is 24.3 Å². The van der Waals surface area contributed by atoms with Gasteiger partial charge in [-0.2, -0.15) is 10.5 Å². The van der Waals surface area contributed by atoms with Gasteiger partial charge in [0.2, 0.25) is 0 Å². The van der Waals surface area contributed by atoms with E-state index in [0.29, 0.717) is 10.4 Å². The molecule has 4 nitrogen and oxygen atoms in total. The Kier molecular flexibility index (Phi) is 2.73. The van der Waals surface area contributed by atoms with Gasteiger partial charge in [-0.25, -0.2) is 0 Å². The van der Waals surface area contributed by atoms with Crippen LogP contribution < -0.4 is 21.9 Å². The molecular weight excluding hydrogens is 176 g/mol. The van der Waals surface area contributed by atoms with Gasteiger partial charge in [-0.3, -0.25) is 0 Å². The fourth-order valence-corrected chi connectivity index (χ4v) is 0.983. The summed E-state index contributed by atoms with van der Waals surface area (Å²) in [6, 6.07) is 10.2. The minimum atomic E-state index is 0.0761. The van der Waals surface area contributed by atoms with Crippen LogP contribution in [-0.2, 0) is 0 Å². The van der Waals surface area contributed by atoms with Crippen LogP contribution >= 0.6 is 0 Å². The maximum absolute atomic E-state index is 8.59. The third-order valence-corrected chi connectivity index (χ3v) is 1.73. The Hall–Kier alpha value is -2.46. The van der Waals surface area contributed by atoms with Crippen molar-refractivity contribution >= 4 is 11.4 Å². The van der Waals surface area contributed by atoms with Crippen LogP contribution in [0.1, 0.15) is 0 Å². The molecule has 0 atom stereocenters. The fourth-order valence-electron chi connectivity index (χ4n) is 0.983. The Balaban J connectivity index is 3.50. The van der Waals surface area contributed by atoms with Gasteiger partial charge in [0, 0.05) is 10.4 Å². The van der Waals surface area contributed by atoms with Gasteiger partial charge < -0.3 is 11.5 Å². The number of nitrogens with two attached hydrogens (primary N) is 2. The molecule has 0 aliphatic carbocycles. The predicted molar refractivity (Wildman–Crippen MR) is 52.1 cm³/mol. The summed E-state index contributed by atoms with van der Waals surface area (Å²) in [7, 11) is 0. The van der Waals surface area contributed by atoms with Crippen molar-refractivity contribution < 1.29 is 0 Å². The van der Waals surface area contributed by atoms with Crippen LogP contribution in [0.4, 0.5) is 0 Å². The van der Waals surface area contributed by atoms with Crippen molar-refractivity contribution in [3.05, 3.63) is 34.7 Å². The summed E-state index contributed by atoms with van der Waals surface area (Å²) in [6.45, 7) is 0. The van der Waals surface area contributed by atoms with Gasteiger partial charge in [0.15, 0.2) is 0 Å². The summed E-state index contributed by atoms with van der Waals surface area (Å²) in [4.78, 5) is 0. The van der Waals surface area contributed by atoms with E-state index in [4.69, 9.17) is 22.0 Å². The van der Waals surface area contributed by atoms with Crippen molar-refractivity contribution in [2.24, 2.45) is 11.5 Å². The summed E-state index contributed by atoms with van der Waals surface area (Å²) in [6.07, 6.45) is 0. The second-order valence-corrected chi connectivity index (χ2v) is 2.63. The summed E-state index contributed by atoms with van der Waals surface area (Å²) < 4.78 is 0. The van der Waals surface area contributed by atoms with Crippen LogP contribution in [0.15, 0.2) is 24.3 Å². The molecule has 0 bridgehead atoms. The molecule has 0 aromatic heterocycles. The third kappa shape index (κ3) is 1.82. The zero-order chi connectivity index (χ0) is 10.6. The zero-order valence-electron chi connectivity index (χ0n) is 7.36. The molecule has 1 aromatic carbocycles. The molecule has 0 spiro atoms. The molecule has 4 heteroatoms. The number of benzene rings is 1. The SMILES string of the molecule is N#CC(C#N)=c1ccc(=C(N)N)cc1. The minimum absolute atomic E-state index is 0.0761. The maximum atomic E-state index is 8.59. The highest BCUT2D eigenvalue weighted by Gasteiger charge is 1.92. The summed E-state index contributed by atoms with van der Waals surface area (Å²) in [5.74, 6) is 0.215. The molecule has 4 N–H and O–H groups in total. The Labute approximate surface area is 81.0 Å². The Bertz CT molecular complexity index is 499. The van der Waals surface area contributed by atoms with Gasteiger partial charge in [-0.15, -0.1) is 0 Å². The van der Waals surface area contributed by atoms with Crippen molar-refractivity contribution in [2.45, 2.75) is 0 Å². The van der Waals surface area contributed by atoms with E-state index in [1.54, 1.807) is 36.4 Å². The van der Waals surface area contributed by atoms with Gasteiger partial charge in [0.05, 0.1) is 0 Å². The smallest absolute Gasteiger partial charge is 0.136 e. The summed E-state index contributed by atoms with van der Waals surface area (Å²) in [5, 5.41) is 18.4. The number of hydrogen-bond acceptors (Lipinski definition) is 4. The highest BCUT2D eigenvalue weighted by atomic mass is 14.8. The molecule has 68 valence electrons. The lowest BCUT2D eigenvalue weighted by Gasteiger charge is -1.91. The highest BCUT2D eigenvalue weighted by molar-refractivity contribution is 5.72. The average Bonchev–Trinajstić information content (AvgIpc) is 2.20. The molecule has 1 aromatic rings. The number of rotatable bonds is 0. The van der Waals surface area contributed by atoms with E-state index in [9.17, 15) is 0 Å². The van der Waals surface area contributed by atoms with Gasteiger partial charge in [0.1, 0.15) is 23.5 Å². The molecular formula is C10H8N4. The van der Waals surface area contributed by atoms with Crippen LogP contribution in [-0.4, -0.2) is 0 Å². The number of nitriles is 2. The quantitative estimate of drug-likeness (QED) is 0.532. The predicted octanol–water partition coefficient (Wildman–Crippen LogP) is -1.13. The second-order valence-electron chi connectivity index (χ2n) is 2.63. The fraction of sp³-hybridized carbons (Fsp3) is 0. The van der Waals surface area contributed by atoms with Gasteiger partial charge >= 0.3 is 0 Å². The van der Waals surface area contributed by atoms with Crippen molar-refractivity contribution in [1.82, 2.24) is 0 Å². The number of nitrogens with zero attached hydrogens (tertiary/aromatic N) is 2. The van der Waals surface area contributed by atoms with Crippen LogP contribution in [0.3, 0.4) is 0 Å². The van der Waals surface area contributed by atoms with E-state index >= 15 is 0 Å². The molecule has 0 radical (unpaired) electrons. The second kappa shape index (κ2) is 3.97. The summed E-state index contributed by atoms with van der Waals surface area (Å²) >= 11 is 0. The standard InChI is InChI=1S/C10H8N4/c11-5-9(6-12)7-1-3-8(4-2-7)10(13)14/h1-4H,13-14H2. The Morgan fingerprint density at radius 2 is 1.36 bits per heavy atom. The molecule has 14 heavy (non-hydrogen) atoms. The van der Waals surface area contributed by atoms with Crippen LogP contribution in [0, 0.1) is 22.7 Å². The van der Waals surface area contributed by atoms with Crippen LogP contribution in [0.2, 0.25) is 0 Å². The molecule has 0 aliphatic rings. The zero-order valence-corrected chi connectivity index (χ0v) is 7.36. The molecule has 0 fully saturated rings. The first-order valence-electron chi connectivity index (χ1n) is 3.85. The lowest BCUT2D eigenvalue weighted by atomic mass is 10.2. The molecule has 0 saturated carbocycles. The topological polar surface area (TPSA) is 99.6 Å². The van der Waals surface area contributed by atoms with E-state index in [1.807, 2.05) is 0 Å². The van der Waals surface area contributed by atoms with Gasteiger partial charge in [0.25, 0.3) is 0 Å². The largest absolute Gasteiger partial charge is 0.385 e. The average molecular weight is 184 g/mol. The van der Waals surface area contributed by atoms with E-state index in [-0.39, 0.29) is 11.4 Å². The lowest BCUT2D eigenvalue weighted by molar-refractivity contribution is 1.38. The first-order chi connectivity index (χ1) is 6.69. The van der Waals surface area contributed by atoms with E-state index in [2.05, 4.69) is 0 Å². The highest BCUT2D eigenvalue weighted by Crippen LogP contribution is 1.84. The Morgan fingerprint density at radius 1 is 0.929 bits per heavy atom. The normalized spacial score (nSPS) is 8.43. The Morgan fingerprint density at radius 3 is 1.71 bits per heavy atom. The van der Waals surface area contributed by atoms with E-state index in [0.717, 1.165) is 0 Å². The minimum Gasteiger partial charge on any atom is -0.385 e. The maximum Gasteiger partial charge on any atom is 0.136 e. The first-order valence-corrected chi connectivity index (χ1v) is 3.85. The van der Waals surface area contributed by atoms with Crippen LogP contribution in [0.25, 0.3) is 11.4 Å². The van der Waals surface area contributed by atoms with Crippen molar-refractivity contribution in [3.8, 4) is 12.1 Å². The van der Waals surface area contributed by atoms with E-state index in [1.165, 1.54) is 0 Å². The van der Waals surface area contributed by atoms with Crippen molar-refractivity contribution in [1.29, 1.82) is 10.5 Å². The molecule has 0 unspecified atom stereocenters. The van der Waals surface area contributed by atoms with E-state index < -0.39 is 0 Å². The molecule has 1 rings (SSSR count). The van der Waals surface area contributed by atoms with Crippen LogP contribution in [0.5, 0.6) is 0 Å². The lowest BCUT2D eigenvalue weighted by Crippen LogP contribution is -2.21. The first kappa shape index (κ1) is 9.63. The summed E-state index contributed by atoms with van der Waals surface area (Å²) in [5.41, 5.74) is 10.8. The van der Waals surface area contributed by atoms with Crippen molar-refractivity contribution in [2.75, 3.05) is 0 Å². The molecule has 0 saturated heterocycles. The molecule has 0 aliphatic heterocycles. The number of hydrogen-bond donors (Lipinski definition) is 2. The molecule has 0 amide bonds. The molecule has 0 heterocycles. The van der Waals surface area contributed by atoms with Crippen molar-refractivity contribution in [3.63, 3.8) is 0 Å². The third-order valence-electron chi connectivity index (χ3n) is 1.73. The monoisotopic (exact) mass is 184 g/mol.